The van der Waals surface area contributed by atoms with Gasteiger partial charge in [-0.3, -0.25) is 4.79 Å². The average Bonchev–Trinajstić information content (AvgIpc) is 3.07. The van der Waals surface area contributed by atoms with Crippen LogP contribution in [0.3, 0.4) is 0 Å². The number of rotatable bonds is 3. The van der Waals surface area contributed by atoms with Crippen molar-refractivity contribution < 1.29 is 9.53 Å². The molecule has 3 rings (SSSR count). The number of hydrogen-bond donors (Lipinski definition) is 1. The zero-order valence-corrected chi connectivity index (χ0v) is 12.2. The monoisotopic (exact) mass is 274 g/mol. The van der Waals surface area contributed by atoms with E-state index in [-0.39, 0.29) is 5.91 Å². The number of carbonyl (C=O) groups excluding carboxylic acids is 1. The van der Waals surface area contributed by atoms with Gasteiger partial charge in [0.15, 0.2) is 0 Å². The molecule has 2 heterocycles. The molecule has 20 heavy (non-hydrogen) atoms. The third-order valence-corrected chi connectivity index (χ3v) is 4.42. The summed E-state index contributed by atoms with van der Waals surface area (Å²) in [5, 5.41) is 3.57. The standard InChI is InChI=1S/C16H22N2O2/c1-11(14-6-8-20-10-14)17-15-3-4-16-13(9-15)5-7-18(16)12(2)19/h3-4,9,11,14,17H,5-8,10H2,1-2H3. The zero-order valence-electron chi connectivity index (χ0n) is 12.2. The molecular weight excluding hydrogens is 252 g/mol. The van der Waals surface area contributed by atoms with Crippen LogP contribution < -0.4 is 10.2 Å². The Bertz CT molecular complexity index is 509. The second-order valence-electron chi connectivity index (χ2n) is 5.82. The highest BCUT2D eigenvalue weighted by molar-refractivity contribution is 5.94. The first-order valence-electron chi connectivity index (χ1n) is 7.40. The first-order chi connectivity index (χ1) is 9.65. The second-order valence-corrected chi connectivity index (χ2v) is 5.82. The van der Waals surface area contributed by atoms with Crippen molar-refractivity contribution in [3.8, 4) is 0 Å². The Morgan fingerprint density at radius 3 is 3.05 bits per heavy atom. The molecule has 2 aliphatic heterocycles. The van der Waals surface area contributed by atoms with Gasteiger partial charge >= 0.3 is 0 Å². The molecule has 0 radical (unpaired) electrons. The lowest BCUT2D eigenvalue weighted by molar-refractivity contribution is -0.116. The molecule has 2 atom stereocenters. The summed E-state index contributed by atoms with van der Waals surface area (Å²) in [7, 11) is 0. The molecule has 1 N–H and O–H groups in total. The van der Waals surface area contributed by atoms with Crippen molar-refractivity contribution >= 4 is 17.3 Å². The fourth-order valence-corrected chi connectivity index (χ4v) is 3.15. The van der Waals surface area contributed by atoms with E-state index < -0.39 is 0 Å². The predicted molar refractivity (Wildman–Crippen MR) is 80.2 cm³/mol. The van der Waals surface area contributed by atoms with Gasteiger partial charge in [0.25, 0.3) is 0 Å². The number of nitrogens with zero attached hydrogens (tertiary/aromatic N) is 1. The summed E-state index contributed by atoms with van der Waals surface area (Å²) in [6.07, 6.45) is 2.09. The molecule has 4 nitrogen and oxygen atoms in total. The molecule has 1 fully saturated rings. The van der Waals surface area contributed by atoms with E-state index in [1.807, 2.05) is 4.90 Å². The summed E-state index contributed by atoms with van der Waals surface area (Å²) in [5.41, 5.74) is 3.48. The average molecular weight is 274 g/mol. The Hall–Kier alpha value is -1.55. The van der Waals surface area contributed by atoms with Gasteiger partial charge in [0.1, 0.15) is 0 Å². The molecular formula is C16H22N2O2. The number of hydrogen-bond acceptors (Lipinski definition) is 3. The Kier molecular flexibility index (Phi) is 3.66. The maximum atomic E-state index is 11.5. The number of ether oxygens (including phenoxy) is 1. The van der Waals surface area contributed by atoms with Gasteiger partial charge in [-0.2, -0.15) is 0 Å². The Morgan fingerprint density at radius 2 is 2.35 bits per heavy atom. The molecule has 1 amide bonds. The number of nitrogens with one attached hydrogen (secondary N) is 1. The third-order valence-electron chi connectivity index (χ3n) is 4.42. The first kappa shape index (κ1) is 13.4. The summed E-state index contributed by atoms with van der Waals surface area (Å²) >= 11 is 0. The van der Waals surface area contributed by atoms with E-state index >= 15 is 0 Å². The highest BCUT2D eigenvalue weighted by Gasteiger charge is 2.24. The molecule has 108 valence electrons. The van der Waals surface area contributed by atoms with Gasteiger partial charge in [0, 0.05) is 43.4 Å². The minimum Gasteiger partial charge on any atom is -0.382 e. The Balaban J connectivity index is 1.71. The molecule has 1 aromatic carbocycles. The van der Waals surface area contributed by atoms with Crippen molar-refractivity contribution in [1.82, 2.24) is 0 Å². The zero-order chi connectivity index (χ0) is 14.1. The van der Waals surface area contributed by atoms with Gasteiger partial charge < -0.3 is 15.0 Å². The highest BCUT2D eigenvalue weighted by Crippen LogP contribution is 2.31. The van der Waals surface area contributed by atoms with Crippen LogP contribution in [0.2, 0.25) is 0 Å². The fourth-order valence-electron chi connectivity index (χ4n) is 3.15. The molecule has 1 saturated heterocycles. The van der Waals surface area contributed by atoms with Crippen molar-refractivity contribution in [2.24, 2.45) is 5.92 Å². The normalized spacial score (nSPS) is 22.7. The van der Waals surface area contributed by atoms with Crippen molar-refractivity contribution in [2.45, 2.75) is 32.7 Å². The quantitative estimate of drug-likeness (QED) is 0.920. The van der Waals surface area contributed by atoms with Gasteiger partial charge in [0.2, 0.25) is 5.91 Å². The van der Waals surface area contributed by atoms with Crippen molar-refractivity contribution in [1.29, 1.82) is 0 Å². The Labute approximate surface area is 120 Å². The van der Waals surface area contributed by atoms with E-state index in [1.54, 1.807) is 6.92 Å². The third kappa shape index (κ3) is 2.52. The second kappa shape index (κ2) is 5.44. The minimum atomic E-state index is 0.126. The number of amides is 1. The lowest BCUT2D eigenvalue weighted by Gasteiger charge is -2.21. The Morgan fingerprint density at radius 1 is 1.50 bits per heavy atom. The van der Waals surface area contributed by atoms with Crippen molar-refractivity contribution in [3.05, 3.63) is 23.8 Å². The molecule has 0 spiro atoms. The van der Waals surface area contributed by atoms with E-state index in [0.717, 1.165) is 44.0 Å². The van der Waals surface area contributed by atoms with Crippen LogP contribution in [0, 0.1) is 5.92 Å². The van der Waals surface area contributed by atoms with Gasteiger partial charge in [0.05, 0.1) is 6.61 Å². The van der Waals surface area contributed by atoms with Crippen molar-refractivity contribution in [3.63, 3.8) is 0 Å². The smallest absolute Gasteiger partial charge is 0.223 e. The van der Waals surface area contributed by atoms with E-state index in [1.165, 1.54) is 5.56 Å². The van der Waals surface area contributed by atoms with E-state index in [2.05, 4.69) is 30.4 Å². The molecule has 4 heteroatoms. The van der Waals surface area contributed by atoms with Crippen molar-refractivity contribution in [2.75, 3.05) is 30.0 Å². The largest absolute Gasteiger partial charge is 0.382 e. The molecule has 0 bridgehead atoms. The molecule has 2 aliphatic rings. The molecule has 0 aromatic heterocycles. The van der Waals surface area contributed by atoms with Crippen LogP contribution in [0.25, 0.3) is 0 Å². The minimum absolute atomic E-state index is 0.126. The number of carbonyl (C=O) groups is 1. The molecule has 1 aromatic rings. The van der Waals surface area contributed by atoms with E-state index in [4.69, 9.17) is 4.74 Å². The highest BCUT2D eigenvalue weighted by atomic mass is 16.5. The van der Waals surface area contributed by atoms with Crippen LogP contribution in [-0.2, 0) is 16.0 Å². The fraction of sp³-hybridized carbons (Fsp3) is 0.562. The molecule has 0 aliphatic carbocycles. The summed E-state index contributed by atoms with van der Waals surface area (Å²) in [5.74, 6) is 0.720. The predicted octanol–water partition coefficient (Wildman–Crippen LogP) is 2.43. The maximum Gasteiger partial charge on any atom is 0.223 e. The summed E-state index contributed by atoms with van der Waals surface area (Å²) < 4.78 is 5.45. The number of benzene rings is 1. The van der Waals surface area contributed by atoms with Crippen LogP contribution in [0.15, 0.2) is 18.2 Å². The van der Waals surface area contributed by atoms with E-state index in [0.29, 0.717) is 12.0 Å². The molecule has 0 saturated carbocycles. The van der Waals surface area contributed by atoms with Crippen LogP contribution >= 0.6 is 0 Å². The van der Waals surface area contributed by atoms with E-state index in [9.17, 15) is 4.79 Å². The SMILES string of the molecule is CC(=O)N1CCc2cc(NC(C)C3CCOC3)ccc21. The van der Waals surface area contributed by atoms with Gasteiger partial charge in [-0.25, -0.2) is 0 Å². The number of fused-ring (bicyclic) bond motifs is 1. The van der Waals surface area contributed by atoms with Crippen LogP contribution in [0.1, 0.15) is 25.8 Å². The lowest BCUT2D eigenvalue weighted by Crippen LogP contribution is -2.26. The van der Waals surface area contributed by atoms with Gasteiger partial charge in [-0.1, -0.05) is 0 Å². The van der Waals surface area contributed by atoms with Gasteiger partial charge in [-0.05, 0) is 43.5 Å². The topological polar surface area (TPSA) is 41.6 Å². The summed E-state index contributed by atoms with van der Waals surface area (Å²) in [6.45, 7) is 6.39. The van der Waals surface area contributed by atoms with Crippen LogP contribution in [0.5, 0.6) is 0 Å². The van der Waals surface area contributed by atoms with Gasteiger partial charge in [-0.15, -0.1) is 0 Å². The van der Waals surface area contributed by atoms with Crippen LogP contribution in [0.4, 0.5) is 11.4 Å². The van der Waals surface area contributed by atoms with Crippen LogP contribution in [-0.4, -0.2) is 31.7 Å². The molecule has 2 unspecified atom stereocenters. The summed E-state index contributed by atoms with van der Waals surface area (Å²) in [6, 6.07) is 6.74. The maximum absolute atomic E-state index is 11.5. The lowest BCUT2D eigenvalue weighted by atomic mass is 10.0. The first-order valence-corrected chi connectivity index (χ1v) is 7.40. The number of anilines is 2. The summed E-state index contributed by atoms with van der Waals surface area (Å²) in [4.78, 5) is 13.4.